The second-order valence-corrected chi connectivity index (χ2v) is 7.00. The molecular weight excluding hydrogens is 332 g/mol. The molecule has 0 fully saturated rings. The van der Waals surface area contributed by atoms with Crippen molar-refractivity contribution >= 4 is 11.3 Å². The van der Waals surface area contributed by atoms with E-state index in [-0.39, 0.29) is 12.7 Å². The second kappa shape index (κ2) is 7.14. The van der Waals surface area contributed by atoms with Gasteiger partial charge in [-0.15, -0.1) is 11.3 Å². The number of aromatic nitrogens is 2. The summed E-state index contributed by atoms with van der Waals surface area (Å²) in [7, 11) is 0. The summed E-state index contributed by atoms with van der Waals surface area (Å²) in [6.45, 7) is 0.654. The van der Waals surface area contributed by atoms with Crippen LogP contribution in [0.1, 0.15) is 16.9 Å². The Labute approximate surface area is 150 Å². The summed E-state index contributed by atoms with van der Waals surface area (Å²) in [5.41, 5.74) is 1.29. The van der Waals surface area contributed by atoms with Crippen molar-refractivity contribution in [2.75, 3.05) is 6.61 Å². The summed E-state index contributed by atoms with van der Waals surface area (Å²) < 4.78 is 8.31. The van der Waals surface area contributed by atoms with Gasteiger partial charge in [0.15, 0.2) is 0 Å². The van der Waals surface area contributed by atoms with Crippen LogP contribution in [0.15, 0.2) is 48.8 Å². The van der Waals surface area contributed by atoms with E-state index in [0.717, 1.165) is 40.7 Å². The van der Waals surface area contributed by atoms with Gasteiger partial charge in [0.25, 0.3) is 0 Å². The van der Waals surface area contributed by atoms with Crippen LogP contribution in [0.25, 0.3) is 10.7 Å². The predicted molar refractivity (Wildman–Crippen MR) is 98.7 cm³/mol. The molecule has 1 atom stereocenters. The molecule has 0 saturated heterocycles. The molecule has 2 aromatic heterocycles. The monoisotopic (exact) mass is 350 g/mol. The maximum absolute atomic E-state index is 8.82. The number of rotatable bonds is 3. The van der Waals surface area contributed by atoms with Gasteiger partial charge in [0.05, 0.1) is 16.3 Å². The van der Waals surface area contributed by atoms with Crippen molar-refractivity contribution in [1.82, 2.24) is 9.55 Å². The Hall–Kier alpha value is -2.55. The molecule has 1 aromatic carbocycles. The zero-order chi connectivity index (χ0) is 17.1. The molecule has 1 aliphatic rings. The van der Waals surface area contributed by atoms with Gasteiger partial charge >= 0.3 is 0 Å². The number of aryl methyl sites for hydroxylation is 1. The van der Waals surface area contributed by atoms with E-state index in [2.05, 4.69) is 33.5 Å². The first kappa shape index (κ1) is 15.9. The third-order valence-corrected chi connectivity index (χ3v) is 5.23. The molecule has 0 radical (unpaired) electrons. The maximum Gasteiger partial charge on any atom is 0.150 e. The molecule has 3 aromatic rings. The van der Waals surface area contributed by atoms with Crippen LogP contribution in [0, 0.1) is 11.8 Å². The van der Waals surface area contributed by atoms with E-state index in [0.29, 0.717) is 0 Å². The Morgan fingerprint density at radius 3 is 3.12 bits per heavy atom. The zero-order valence-corrected chi connectivity index (χ0v) is 14.5. The van der Waals surface area contributed by atoms with Crippen molar-refractivity contribution in [3.8, 4) is 28.3 Å². The summed E-state index contributed by atoms with van der Waals surface area (Å²) in [4.78, 5) is 6.51. The molecular formula is C20H18N2O2S. The summed E-state index contributed by atoms with van der Waals surface area (Å²) in [5.74, 6) is 7.56. The predicted octanol–water partition coefficient (Wildman–Crippen LogP) is 3.35. The lowest BCUT2D eigenvalue weighted by Gasteiger charge is -2.26. The summed E-state index contributed by atoms with van der Waals surface area (Å²) in [5, 5.41) is 8.82. The van der Waals surface area contributed by atoms with Gasteiger partial charge in [-0.3, -0.25) is 0 Å². The van der Waals surface area contributed by atoms with Crippen LogP contribution in [0.3, 0.4) is 0 Å². The number of hydrogen-bond acceptors (Lipinski definition) is 4. The normalized spacial score (nSPS) is 15.8. The summed E-state index contributed by atoms with van der Waals surface area (Å²) in [6.07, 6.45) is 6.02. The third-order valence-electron chi connectivity index (χ3n) is 4.23. The highest BCUT2D eigenvalue weighted by molar-refractivity contribution is 7.15. The Morgan fingerprint density at radius 2 is 2.20 bits per heavy atom. The van der Waals surface area contributed by atoms with Crippen LogP contribution in [-0.2, 0) is 13.0 Å². The highest BCUT2D eigenvalue weighted by atomic mass is 32.1. The number of ether oxygens (including phenoxy) is 1. The lowest BCUT2D eigenvalue weighted by atomic mass is 10.0. The molecule has 1 aliphatic heterocycles. The van der Waals surface area contributed by atoms with Gasteiger partial charge in [-0.25, -0.2) is 4.98 Å². The number of benzene rings is 1. The first-order valence-corrected chi connectivity index (χ1v) is 9.11. The van der Waals surface area contributed by atoms with Gasteiger partial charge in [0.2, 0.25) is 0 Å². The molecule has 0 aliphatic carbocycles. The van der Waals surface area contributed by atoms with Crippen molar-refractivity contribution in [3.05, 3.63) is 59.2 Å². The van der Waals surface area contributed by atoms with Gasteiger partial charge in [0.1, 0.15) is 24.3 Å². The highest BCUT2D eigenvalue weighted by Gasteiger charge is 2.21. The quantitative estimate of drug-likeness (QED) is 0.737. The third kappa shape index (κ3) is 3.46. The van der Waals surface area contributed by atoms with Crippen molar-refractivity contribution in [3.63, 3.8) is 0 Å². The van der Waals surface area contributed by atoms with E-state index in [1.807, 2.05) is 36.7 Å². The lowest BCUT2D eigenvalue weighted by Crippen LogP contribution is -2.27. The minimum absolute atomic E-state index is 0.123. The minimum atomic E-state index is -0.123. The number of thiophene rings is 1. The first-order valence-electron chi connectivity index (χ1n) is 8.29. The Kier molecular flexibility index (Phi) is 4.55. The largest absolute Gasteiger partial charge is 0.488 e. The molecule has 0 unspecified atom stereocenters. The van der Waals surface area contributed by atoms with Crippen molar-refractivity contribution < 1.29 is 9.84 Å². The van der Waals surface area contributed by atoms with E-state index in [9.17, 15) is 0 Å². The minimum Gasteiger partial charge on any atom is -0.488 e. The van der Waals surface area contributed by atoms with Crippen LogP contribution in [0.4, 0.5) is 0 Å². The molecule has 0 bridgehead atoms. The Bertz CT molecular complexity index is 932. The first-order chi connectivity index (χ1) is 12.3. The number of hydrogen-bond donors (Lipinski definition) is 1. The average molecular weight is 350 g/mol. The molecule has 0 saturated carbocycles. The molecule has 0 spiro atoms. The number of imidazole rings is 1. The van der Waals surface area contributed by atoms with Crippen LogP contribution >= 0.6 is 11.3 Å². The fourth-order valence-corrected chi connectivity index (χ4v) is 3.96. The highest BCUT2D eigenvalue weighted by Crippen LogP contribution is 2.30. The SMILES string of the molecule is OCC#Cc1ccc(-c2nccn2C[C@H]2CCc3ccccc3O2)s1. The number of para-hydroxylation sites is 1. The molecule has 4 rings (SSSR count). The molecule has 3 heterocycles. The molecule has 126 valence electrons. The van der Waals surface area contributed by atoms with Crippen LogP contribution in [0.5, 0.6) is 5.75 Å². The van der Waals surface area contributed by atoms with Crippen LogP contribution in [0.2, 0.25) is 0 Å². The fourth-order valence-electron chi connectivity index (χ4n) is 3.06. The van der Waals surface area contributed by atoms with Gasteiger partial charge in [-0.05, 0) is 36.6 Å². The van der Waals surface area contributed by atoms with Crippen LogP contribution in [-0.4, -0.2) is 27.4 Å². The number of aliphatic hydroxyl groups is 1. The molecule has 1 N–H and O–H groups in total. The number of aliphatic hydroxyl groups excluding tert-OH is 1. The van der Waals surface area contributed by atoms with Gasteiger partial charge < -0.3 is 14.4 Å². The standard InChI is InChI=1S/C20H18N2O2S/c23-13-3-5-17-9-10-19(25-17)20-21-11-12-22(20)14-16-8-7-15-4-1-2-6-18(15)24-16/h1-2,4,6,9-12,16,23H,7-8,13-14H2/t16-/m1/s1. The molecule has 5 heteroatoms. The number of nitrogens with zero attached hydrogens (tertiary/aromatic N) is 2. The molecule has 25 heavy (non-hydrogen) atoms. The number of fused-ring (bicyclic) bond motifs is 1. The van der Waals surface area contributed by atoms with Gasteiger partial charge in [0, 0.05) is 12.4 Å². The summed E-state index contributed by atoms with van der Waals surface area (Å²) >= 11 is 1.59. The van der Waals surface area contributed by atoms with E-state index in [1.54, 1.807) is 11.3 Å². The smallest absolute Gasteiger partial charge is 0.150 e. The molecule has 0 amide bonds. The maximum atomic E-state index is 8.82. The topological polar surface area (TPSA) is 47.3 Å². The fraction of sp³-hybridized carbons (Fsp3) is 0.250. The van der Waals surface area contributed by atoms with Crippen molar-refractivity contribution in [2.24, 2.45) is 0 Å². The summed E-state index contributed by atoms with van der Waals surface area (Å²) in [6, 6.07) is 12.3. The zero-order valence-electron chi connectivity index (χ0n) is 13.7. The van der Waals surface area contributed by atoms with Crippen LogP contribution < -0.4 is 4.74 Å². The average Bonchev–Trinajstić information content (AvgIpc) is 3.29. The van der Waals surface area contributed by atoms with Gasteiger partial charge in [-0.2, -0.15) is 0 Å². The van der Waals surface area contributed by atoms with Gasteiger partial charge in [-0.1, -0.05) is 30.0 Å². The van der Waals surface area contributed by atoms with E-state index in [1.165, 1.54) is 5.56 Å². The van der Waals surface area contributed by atoms with E-state index >= 15 is 0 Å². The Balaban J connectivity index is 1.52. The van der Waals surface area contributed by atoms with Crippen molar-refractivity contribution in [2.45, 2.75) is 25.5 Å². The lowest BCUT2D eigenvalue weighted by molar-refractivity contribution is 0.154. The van der Waals surface area contributed by atoms with E-state index in [4.69, 9.17) is 9.84 Å². The Morgan fingerprint density at radius 1 is 1.28 bits per heavy atom. The van der Waals surface area contributed by atoms with E-state index < -0.39 is 0 Å². The molecule has 4 nitrogen and oxygen atoms in total. The second-order valence-electron chi connectivity index (χ2n) is 5.91. The van der Waals surface area contributed by atoms with Crippen molar-refractivity contribution in [1.29, 1.82) is 0 Å².